The number of amides is 1. The fourth-order valence-electron chi connectivity index (χ4n) is 1.65. The van der Waals surface area contributed by atoms with Crippen LogP contribution in [0.15, 0.2) is 18.2 Å². The van der Waals surface area contributed by atoms with Gasteiger partial charge in [0.15, 0.2) is 0 Å². The molecule has 0 unspecified atom stereocenters. The minimum Gasteiger partial charge on any atom is -0.397 e. The van der Waals surface area contributed by atoms with Gasteiger partial charge in [-0.2, -0.15) is 0 Å². The Morgan fingerprint density at radius 1 is 1.43 bits per heavy atom. The molecule has 1 amide bonds. The molecule has 74 valence electrons. The van der Waals surface area contributed by atoms with Crippen LogP contribution in [-0.2, 0) is 4.79 Å². The molecule has 1 aromatic carbocycles. The molecule has 0 saturated carbocycles. The van der Waals surface area contributed by atoms with Crippen LogP contribution in [-0.4, -0.2) is 12.5 Å². The van der Waals surface area contributed by atoms with Crippen LogP contribution in [0.5, 0.6) is 0 Å². The van der Waals surface area contributed by atoms with E-state index in [1.54, 1.807) is 23.1 Å². The van der Waals surface area contributed by atoms with Gasteiger partial charge in [-0.15, -0.1) is 0 Å². The fraction of sp³-hybridized carbons (Fsp3) is 0.300. The van der Waals surface area contributed by atoms with Crippen molar-refractivity contribution in [2.24, 2.45) is 0 Å². The molecular formula is C10H11ClN2O. The summed E-state index contributed by atoms with van der Waals surface area (Å²) in [4.78, 5) is 13.2. The smallest absolute Gasteiger partial charge is 0.227 e. The Kier molecular flexibility index (Phi) is 2.33. The maximum Gasteiger partial charge on any atom is 0.227 e. The van der Waals surface area contributed by atoms with Gasteiger partial charge in [0.1, 0.15) is 0 Å². The molecule has 0 spiro atoms. The fourth-order valence-corrected chi connectivity index (χ4v) is 1.82. The average molecular weight is 211 g/mol. The summed E-state index contributed by atoms with van der Waals surface area (Å²) in [5.74, 6) is 0.124. The lowest BCUT2D eigenvalue weighted by atomic mass is 10.2. The Hall–Kier alpha value is -1.22. The monoisotopic (exact) mass is 210 g/mol. The molecule has 0 aliphatic carbocycles. The van der Waals surface area contributed by atoms with Crippen LogP contribution in [0.3, 0.4) is 0 Å². The van der Waals surface area contributed by atoms with Gasteiger partial charge in [0, 0.05) is 18.0 Å². The summed E-state index contributed by atoms with van der Waals surface area (Å²) in [5.41, 5.74) is 7.12. The summed E-state index contributed by atoms with van der Waals surface area (Å²) in [5, 5.41) is 0.605. The van der Waals surface area contributed by atoms with Crippen LogP contribution in [0.2, 0.25) is 5.02 Å². The number of halogens is 1. The Labute approximate surface area is 87.4 Å². The Balaban J connectivity index is 2.39. The van der Waals surface area contributed by atoms with E-state index in [1.807, 2.05) is 0 Å². The highest BCUT2D eigenvalue weighted by Crippen LogP contribution is 2.29. The van der Waals surface area contributed by atoms with E-state index in [9.17, 15) is 4.79 Å². The van der Waals surface area contributed by atoms with Gasteiger partial charge in [0.2, 0.25) is 5.91 Å². The first-order valence-corrected chi connectivity index (χ1v) is 4.91. The zero-order chi connectivity index (χ0) is 10.1. The van der Waals surface area contributed by atoms with Gasteiger partial charge in [-0.3, -0.25) is 4.79 Å². The molecule has 1 aliphatic heterocycles. The molecule has 4 heteroatoms. The molecule has 1 saturated heterocycles. The van der Waals surface area contributed by atoms with Crippen molar-refractivity contribution in [3.05, 3.63) is 23.2 Å². The highest BCUT2D eigenvalue weighted by atomic mass is 35.5. The van der Waals surface area contributed by atoms with Crippen molar-refractivity contribution in [2.45, 2.75) is 12.8 Å². The summed E-state index contributed by atoms with van der Waals surface area (Å²) >= 11 is 5.85. The van der Waals surface area contributed by atoms with Gasteiger partial charge in [-0.05, 0) is 24.6 Å². The van der Waals surface area contributed by atoms with Crippen molar-refractivity contribution < 1.29 is 4.79 Å². The lowest BCUT2D eigenvalue weighted by Gasteiger charge is -2.17. The molecule has 2 N–H and O–H groups in total. The third-order valence-corrected chi connectivity index (χ3v) is 2.59. The quantitative estimate of drug-likeness (QED) is 0.722. The molecule has 0 atom stereocenters. The van der Waals surface area contributed by atoms with Crippen molar-refractivity contribution >= 4 is 28.9 Å². The van der Waals surface area contributed by atoms with E-state index in [1.165, 1.54) is 0 Å². The second-order valence-electron chi connectivity index (χ2n) is 3.35. The van der Waals surface area contributed by atoms with Gasteiger partial charge in [-0.1, -0.05) is 11.6 Å². The van der Waals surface area contributed by atoms with Crippen LogP contribution in [0.4, 0.5) is 11.4 Å². The molecule has 2 rings (SSSR count). The lowest BCUT2D eigenvalue weighted by molar-refractivity contribution is -0.117. The van der Waals surface area contributed by atoms with Gasteiger partial charge in [0.05, 0.1) is 11.4 Å². The number of carbonyl (C=O) groups excluding carboxylic acids is 1. The SMILES string of the molecule is Nc1ccc(Cl)cc1N1CCCC1=O. The van der Waals surface area contributed by atoms with E-state index in [0.29, 0.717) is 17.1 Å². The summed E-state index contributed by atoms with van der Waals surface area (Å²) in [6.07, 6.45) is 1.50. The minimum atomic E-state index is 0.124. The standard InChI is InChI=1S/C10H11ClN2O/c11-7-3-4-8(12)9(6-7)13-5-1-2-10(13)14/h3-4,6H,1-2,5,12H2. The maximum atomic E-state index is 11.5. The van der Waals surface area contributed by atoms with E-state index >= 15 is 0 Å². The predicted octanol–water partition coefficient (Wildman–Crippen LogP) is 2.05. The van der Waals surface area contributed by atoms with Crippen molar-refractivity contribution in [1.82, 2.24) is 0 Å². The number of benzene rings is 1. The van der Waals surface area contributed by atoms with E-state index in [2.05, 4.69) is 0 Å². The van der Waals surface area contributed by atoms with Gasteiger partial charge < -0.3 is 10.6 Å². The van der Waals surface area contributed by atoms with E-state index in [0.717, 1.165) is 18.7 Å². The first-order valence-electron chi connectivity index (χ1n) is 4.54. The van der Waals surface area contributed by atoms with E-state index in [-0.39, 0.29) is 5.91 Å². The third kappa shape index (κ3) is 1.55. The zero-order valence-corrected chi connectivity index (χ0v) is 8.42. The topological polar surface area (TPSA) is 46.3 Å². The molecule has 1 heterocycles. The zero-order valence-electron chi connectivity index (χ0n) is 7.66. The first kappa shape index (κ1) is 9.34. The second-order valence-corrected chi connectivity index (χ2v) is 3.79. The summed E-state index contributed by atoms with van der Waals surface area (Å²) in [7, 11) is 0. The number of hydrogen-bond acceptors (Lipinski definition) is 2. The van der Waals surface area contributed by atoms with Gasteiger partial charge in [-0.25, -0.2) is 0 Å². The van der Waals surface area contributed by atoms with Crippen LogP contribution in [0.1, 0.15) is 12.8 Å². The van der Waals surface area contributed by atoms with Crippen LogP contribution >= 0.6 is 11.6 Å². The molecule has 1 fully saturated rings. The maximum absolute atomic E-state index is 11.5. The van der Waals surface area contributed by atoms with Gasteiger partial charge >= 0.3 is 0 Å². The largest absolute Gasteiger partial charge is 0.397 e. The van der Waals surface area contributed by atoms with Crippen LogP contribution in [0, 0.1) is 0 Å². The predicted molar refractivity (Wildman–Crippen MR) is 57.5 cm³/mol. The molecular weight excluding hydrogens is 200 g/mol. The number of anilines is 2. The third-order valence-electron chi connectivity index (χ3n) is 2.36. The van der Waals surface area contributed by atoms with E-state index < -0.39 is 0 Å². The Morgan fingerprint density at radius 2 is 2.21 bits per heavy atom. The Morgan fingerprint density at radius 3 is 2.86 bits per heavy atom. The normalized spacial score (nSPS) is 16.4. The van der Waals surface area contributed by atoms with Crippen LogP contribution < -0.4 is 10.6 Å². The summed E-state index contributed by atoms with van der Waals surface area (Å²) in [6.45, 7) is 0.739. The molecule has 3 nitrogen and oxygen atoms in total. The number of rotatable bonds is 1. The first-order chi connectivity index (χ1) is 6.68. The highest BCUT2D eigenvalue weighted by molar-refractivity contribution is 6.31. The number of nitrogen functional groups attached to an aromatic ring is 1. The molecule has 14 heavy (non-hydrogen) atoms. The number of hydrogen-bond donors (Lipinski definition) is 1. The Bertz CT molecular complexity index is 378. The summed E-state index contributed by atoms with van der Waals surface area (Å²) < 4.78 is 0. The molecule has 0 radical (unpaired) electrons. The summed E-state index contributed by atoms with van der Waals surface area (Å²) in [6, 6.07) is 5.18. The van der Waals surface area contributed by atoms with Gasteiger partial charge in [0.25, 0.3) is 0 Å². The van der Waals surface area contributed by atoms with Crippen molar-refractivity contribution in [1.29, 1.82) is 0 Å². The second kappa shape index (κ2) is 3.50. The van der Waals surface area contributed by atoms with Crippen molar-refractivity contribution in [3.8, 4) is 0 Å². The highest BCUT2D eigenvalue weighted by Gasteiger charge is 2.23. The lowest BCUT2D eigenvalue weighted by Crippen LogP contribution is -2.24. The van der Waals surface area contributed by atoms with Crippen LogP contribution in [0.25, 0.3) is 0 Å². The van der Waals surface area contributed by atoms with E-state index in [4.69, 9.17) is 17.3 Å². The molecule has 1 aliphatic rings. The number of carbonyl (C=O) groups is 1. The number of nitrogens with two attached hydrogens (primary N) is 1. The van der Waals surface area contributed by atoms with Crippen molar-refractivity contribution in [2.75, 3.05) is 17.2 Å². The molecule has 1 aromatic rings. The minimum absolute atomic E-state index is 0.124. The van der Waals surface area contributed by atoms with Crippen molar-refractivity contribution in [3.63, 3.8) is 0 Å². The number of nitrogens with zero attached hydrogens (tertiary/aromatic N) is 1. The average Bonchev–Trinajstić information content (AvgIpc) is 2.56. The molecule has 0 bridgehead atoms. The molecule has 0 aromatic heterocycles.